The fourth-order valence-electron chi connectivity index (χ4n) is 1.81. The van der Waals surface area contributed by atoms with Crippen LogP contribution in [0.25, 0.3) is 0 Å². The number of amides is 2. The van der Waals surface area contributed by atoms with E-state index in [1.54, 1.807) is 23.1 Å². The smallest absolute Gasteiger partial charge is 0.265 e. The van der Waals surface area contributed by atoms with Gasteiger partial charge in [-0.15, -0.1) is 0 Å². The Hall–Kier alpha value is -2.24. The molecule has 2 amide bonds. The lowest BCUT2D eigenvalue weighted by Gasteiger charge is -2.29. The summed E-state index contributed by atoms with van der Waals surface area (Å²) in [7, 11) is 0. The van der Waals surface area contributed by atoms with Crippen molar-refractivity contribution in [3.63, 3.8) is 0 Å². The third-order valence-electron chi connectivity index (χ3n) is 2.64. The standard InChI is InChI=1S/C12H15N3O3/c1-8(16)14-4-5-15-10-6-9(13)2-3-11(10)18-7-12(15)17/h2-3,6H,4-5,7,13H2,1H3,(H,14,16). The van der Waals surface area contributed by atoms with Crippen molar-refractivity contribution >= 4 is 23.2 Å². The summed E-state index contributed by atoms with van der Waals surface area (Å²) in [4.78, 5) is 24.2. The molecule has 0 spiro atoms. The number of nitrogens with two attached hydrogens (primary N) is 1. The summed E-state index contributed by atoms with van der Waals surface area (Å²) in [6.07, 6.45) is 0. The van der Waals surface area contributed by atoms with E-state index in [9.17, 15) is 9.59 Å². The van der Waals surface area contributed by atoms with E-state index in [-0.39, 0.29) is 18.4 Å². The van der Waals surface area contributed by atoms with Crippen molar-refractivity contribution in [2.24, 2.45) is 0 Å². The maximum absolute atomic E-state index is 11.8. The Morgan fingerprint density at radius 3 is 3.06 bits per heavy atom. The van der Waals surface area contributed by atoms with E-state index < -0.39 is 0 Å². The molecule has 0 saturated carbocycles. The highest BCUT2D eigenvalue weighted by atomic mass is 16.5. The number of nitrogens with zero attached hydrogens (tertiary/aromatic N) is 1. The number of carbonyl (C=O) groups is 2. The second-order valence-electron chi connectivity index (χ2n) is 4.04. The van der Waals surface area contributed by atoms with Gasteiger partial charge in [-0.05, 0) is 18.2 Å². The summed E-state index contributed by atoms with van der Waals surface area (Å²) in [5, 5.41) is 2.65. The lowest BCUT2D eigenvalue weighted by Crippen LogP contribution is -2.43. The van der Waals surface area contributed by atoms with Gasteiger partial charge in [0, 0.05) is 25.7 Å². The number of hydrogen-bond acceptors (Lipinski definition) is 4. The van der Waals surface area contributed by atoms with Gasteiger partial charge >= 0.3 is 0 Å². The zero-order chi connectivity index (χ0) is 13.1. The van der Waals surface area contributed by atoms with Crippen LogP contribution >= 0.6 is 0 Å². The first-order chi connectivity index (χ1) is 8.58. The van der Waals surface area contributed by atoms with Crippen LogP contribution in [0.15, 0.2) is 18.2 Å². The molecule has 0 radical (unpaired) electrons. The molecule has 0 bridgehead atoms. The fourth-order valence-corrected chi connectivity index (χ4v) is 1.81. The van der Waals surface area contributed by atoms with Gasteiger partial charge in [-0.25, -0.2) is 0 Å². The Bertz CT molecular complexity index is 487. The molecule has 0 atom stereocenters. The summed E-state index contributed by atoms with van der Waals surface area (Å²) in [6, 6.07) is 5.16. The van der Waals surface area contributed by atoms with Crippen LogP contribution in [0.5, 0.6) is 5.75 Å². The van der Waals surface area contributed by atoms with E-state index in [2.05, 4.69) is 5.32 Å². The lowest BCUT2D eigenvalue weighted by atomic mass is 10.2. The summed E-state index contributed by atoms with van der Waals surface area (Å²) < 4.78 is 5.31. The molecule has 0 saturated heterocycles. The minimum absolute atomic E-state index is 0.0109. The van der Waals surface area contributed by atoms with Gasteiger partial charge in [-0.1, -0.05) is 0 Å². The maximum Gasteiger partial charge on any atom is 0.265 e. The Morgan fingerprint density at radius 2 is 2.33 bits per heavy atom. The van der Waals surface area contributed by atoms with Gasteiger partial charge in [0.15, 0.2) is 6.61 Å². The maximum atomic E-state index is 11.8. The van der Waals surface area contributed by atoms with Gasteiger partial charge in [-0.2, -0.15) is 0 Å². The van der Waals surface area contributed by atoms with Crippen molar-refractivity contribution in [1.29, 1.82) is 0 Å². The number of fused-ring (bicyclic) bond motifs is 1. The van der Waals surface area contributed by atoms with Crippen LogP contribution in [-0.2, 0) is 9.59 Å². The van der Waals surface area contributed by atoms with Crippen molar-refractivity contribution < 1.29 is 14.3 Å². The molecule has 6 nitrogen and oxygen atoms in total. The Labute approximate surface area is 105 Å². The van der Waals surface area contributed by atoms with Crippen molar-refractivity contribution in [1.82, 2.24) is 5.32 Å². The predicted molar refractivity (Wildman–Crippen MR) is 67.4 cm³/mol. The quantitative estimate of drug-likeness (QED) is 0.746. The van der Waals surface area contributed by atoms with Gasteiger partial charge in [0.05, 0.1) is 5.69 Å². The summed E-state index contributed by atoms with van der Waals surface area (Å²) in [5.74, 6) is 0.369. The number of ether oxygens (including phenoxy) is 1. The lowest BCUT2D eigenvalue weighted by molar-refractivity contribution is -0.122. The molecule has 1 aliphatic rings. The Balaban J connectivity index is 2.16. The van der Waals surface area contributed by atoms with E-state index >= 15 is 0 Å². The molecule has 1 aromatic rings. The van der Waals surface area contributed by atoms with E-state index in [4.69, 9.17) is 10.5 Å². The van der Waals surface area contributed by atoms with Gasteiger partial charge < -0.3 is 20.7 Å². The second kappa shape index (κ2) is 4.95. The molecule has 18 heavy (non-hydrogen) atoms. The number of anilines is 2. The minimum Gasteiger partial charge on any atom is -0.482 e. The minimum atomic E-state index is -0.140. The molecule has 1 heterocycles. The van der Waals surface area contributed by atoms with Gasteiger partial charge in [0.2, 0.25) is 5.91 Å². The van der Waals surface area contributed by atoms with E-state index in [1.807, 2.05) is 0 Å². The topological polar surface area (TPSA) is 84.7 Å². The molecule has 0 aromatic heterocycles. The third-order valence-corrected chi connectivity index (χ3v) is 2.64. The molecule has 1 aromatic carbocycles. The Morgan fingerprint density at radius 1 is 1.56 bits per heavy atom. The normalized spacial score (nSPS) is 13.8. The molecule has 2 rings (SSSR count). The molecule has 3 N–H and O–H groups in total. The van der Waals surface area contributed by atoms with Crippen molar-refractivity contribution in [2.75, 3.05) is 30.3 Å². The number of carbonyl (C=O) groups excluding carboxylic acids is 2. The molecular formula is C12H15N3O3. The monoisotopic (exact) mass is 249 g/mol. The van der Waals surface area contributed by atoms with Crippen LogP contribution in [0.4, 0.5) is 11.4 Å². The van der Waals surface area contributed by atoms with Gasteiger partial charge in [-0.3, -0.25) is 9.59 Å². The first kappa shape index (κ1) is 12.2. The average Bonchev–Trinajstić information content (AvgIpc) is 2.31. The van der Waals surface area contributed by atoms with Crippen molar-refractivity contribution in [2.45, 2.75) is 6.92 Å². The Kier molecular flexibility index (Phi) is 3.36. The van der Waals surface area contributed by atoms with E-state index in [0.717, 1.165) is 0 Å². The van der Waals surface area contributed by atoms with Gasteiger partial charge in [0.25, 0.3) is 5.91 Å². The van der Waals surface area contributed by atoms with Crippen LogP contribution in [0, 0.1) is 0 Å². The average molecular weight is 249 g/mol. The highest BCUT2D eigenvalue weighted by molar-refractivity contribution is 5.98. The van der Waals surface area contributed by atoms with Crippen LogP contribution in [0.1, 0.15) is 6.92 Å². The molecule has 0 aliphatic carbocycles. The molecule has 0 unspecified atom stereocenters. The zero-order valence-corrected chi connectivity index (χ0v) is 10.1. The first-order valence-corrected chi connectivity index (χ1v) is 5.65. The largest absolute Gasteiger partial charge is 0.482 e. The van der Waals surface area contributed by atoms with Crippen LogP contribution in [-0.4, -0.2) is 31.5 Å². The van der Waals surface area contributed by atoms with Gasteiger partial charge in [0.1, 0.15) is 5.75 Å². The first-order valence-electron chi connectivity index (χ1n) is 5.65. The molecular weight excluding hydrogens is 234 g/mol. The number of nitrogens with one attached hydrogen (secondary N) is 1. The summed E-state index contributed by atoms with van der Waals surface area (Å²) >= 11 is 0. The summed E-state index contributed by atoms with van der Waals surface area (Å²) in [5.41, 5.74) is 6.92. The van der Waals surface area contributed by atoms with Crippen LogP contribution in [0.3, 0.4) is 0 Å². The van der Waals surface area contributed by atoms with E-state index in [0.29, 0.717) is 30.2 Å². The predicted octanol–water partition coefficient (Wildman–Crippen LogP) is 0.130. The highest BCUT2D eigenvalue weighted by Gasteiger charge is 2.25. The zero-order valence-electron chi connectivity index (χ0n) is 10.1. The van der Waals surface area contributed by atoms with Crippen LogP contribution < -0.4 is 20.7 Å². The molecule has 96 valence electrons. The fraction of sp³-hybridized carbons (Fsp3) is 0.333. The molecule has 1 aliphatic heterocycles. The van der Waals surface area contributed by atoms with Crippen molar-refractivity contribution in [3.05, 3.63) is 18.2 Å². The second-order valence-corrected chi connectivity index (χ2v) is 4.04. The SMILES string of the molecule is CC(=O)NCCN1C(=O)COc2ccc(N)cc21. The molecule has 0 fully saturated rings. The molecule has 6 heteroatoms. The van der Waals surface area contributed by atoms with Crippen LogP contribution in [0.2, 0.25) is 0 Å². The number of rotatable bonds is 3. The number of benzene rings is 1. The third kappa shape index (κ3) is 2.53. The number of hydrogen-bond donors (Lipinski definition) is 2. The van der Waals surface area contributed by atoms with E-state index in [1.165, 1.54) is 6.92 Å². The summed E-state index contributed by atoms with van der Waals surface area (Å²) in [6.45, 7) is 2.25. The number of nitrogen functional groups attached to an aromatic ring is 1. The highest BCUT2D eigenvalue weighted by Crippen LogP contribution is 2.33. The van der Waals surface area contributed by atoms with Crippen molar-refractivity contribution in [3.8, 4) is 5.75 Å².